The fourth-order valence-electron chi connectivity index (χ4n) is 1.11. The molecule has 0 aliphatic heterocycles. The largest absolute Gasteiger partial charge is 0.300 e. The average molecular weight is 206 g/mol. The summed E-state index contributed by atoms with van der Waals surface area (Å²) >= 11 is 0. The van der Waals surface area contributed by atoms with Gasteiger partial charge >= 0.3 is 0 Å². The lowest BCUT2D eigenvalue weighted by atomic mass is 10.2. The van der Waals surface area contributed by atoms with Gasteiger partial charge in [0.05, 0.1) is 0 Å². The van der Waals surface area contributed by atoms with Crippen LogP contribution in [0.2, 0.25) is 0 Å². The van der Waals surface area contributed by atoms with E-state index in [0.717, 1.165) is 25.7 Å². The van der Waals surface area contributed by atoms with Crippen LogP contribution in [0.4, 0.5) is 0 Å². The summed E-state index contributed by atoms with van der Waals surface area (Å²) < 4.78 is 0. The predicted molar refractivity (Wildman–Crippen MR) is 66.9 cm³/mol. The van der Waals surface area contributed by atoms with Gasteiger partial charge in [-0.1, -0.05) is 43.4 Å². The highest BCUT2D eigenvalue weighted by Gasteiger charge is 1.87. The minimum absolute atomic E-state index is 0.264. The van der Waals surface area contributed by atoms with E-state index in [1.165, 1.54) is 0 Å². The van der Waals surface area contributed by atoms with Crippen LogP contribution in [0.3, 0.4) is 0 Å². The Balaban J connectivity index is 3.36. The summed E-state index contributed by atoms with van der Waals surface area (Å²) in [5.74, 6) is 0.264. The Morgan fingerprint density at radius 1 is 0.933 bits per heavy atom. The first kappa shape index (κ1) is 13.9. The molecule has 0 bridgehead atoms. The second kappa shape index (κ2) is 11.0. The lowest BCUT2D eigenvalue weighted by Gasteiger charge is -1.87. The normalized spacial score (nSPS) is 12.1. The molecule has 0 aromatic rings. The van der Waals surface area contributed by atoms with Crippen LogP contribution in [-0.4, -0.2) is 5.78 Å². The van der Waals surface area contributed by atoms with Crippen molar-refractivity contribution in [2.45, 2.75) is 46.0 Å². The quantitative estimate of drug-likeness (QED) is 0.543. The summed E-state index contributed by atoms with van der Waals surface area (Å²) in [5, 5.41) is 0. The molecule has 0 radical (unpaired) electrons. The Bertz CT molecular complexity index is 234. The second-order valence-corrected chi connectivity index (χ2v) is 3.53. The van der Waals surface area contributed by atoms with Crippen LogP contribution >= 0.6 is 0 Å². The molecule has 15 heavy (non-hydrogen) atoms. The molecule has 0 amide bonds. The summed E-state index contributed by atoms with van der Waals surface area (Å²) in [5.41, 5.74) is 0. The highest BCUT2D eigenvalue weighted by atomic mass is 16.1. The summed E-state index contributed by atoms with van der Waals surface area (Å²) in [4.78, 5) is 10.6. The van der Waals surface area contributed by atoms with Crippen molar-refractivity contribution in [3.05, 3.63) is 36.5 Å². The van der Waals surface area contributed by atoms with Crippen molar-refractivity contribution in [3.8, 4) is 0 Å². The van der Waals surface area contributed by atoms with Crippen molar-refractivity contribution < 1.29 is 4.79 Å². The van der Waals surface area contributed by atoms with Crippen molar-refractivity contribution in [1.82, 2.24) is 0 Å². The van der Waals surface area contributed by atoms with Gasteiger partial charge in [-0.3, -0.25) is 0 Å². The van der Waals surface area contributed by atoms with Gasteiger partial charge in [0.2, 0.25) is 0 Å². The van der Waals surface area contributed by atoms with Crippen molar-refractivity contribution in [2.75, 3.05) is 0 Å². The third-order valence-corrected chi connectivity index (χ3v) is 1.94. The van der Waals surface area contributed by atoms with E-state index in [1.54, 1.807) is 6.92 Å². The number of allylic oxidation sites excluding steroid dienone is 6. The Labute approximate surface area is 93.6 Å². The summed E-state index contributed by atoms with van der Waals surface area (Å²) in [6.45, 7) is 3.77. The second-order valence-electron chi connectivity index (χ2n) is 3.53. The average Bonchev–Trinajstić information content (AvgIpc) is 2.20. The summed E-state index contributed by atoms with van der Waals surface area (Å²) in [6, 6.07) is 0. The molecule has 0 aliphatic rings. The van der Waals surface area contributed by atoms with Crippen LogP contribution in [0.5, 0.6) is 0 Å². The van der Waals surface area contributed by atoms with Gasteiger partial charge in [-0.2, -0.15) is 0 Å². The number of carbonyl (C=O) groups excluding carboxylic acids is 1. The van der Waals surface area contributed by atoms with Crippen LogP contribution in [0, 0.1) is 0 Å². The molecule has 0 fully saturated rings. The van der Waals surface area contributed by atoms with Gasteiger partial charge < -0.3 is 4.79 Å². The first-order valence-electron chi connectivity index (χ1n) is 5.71. The molecule has 0 saturated heterocycles. The SMILES string of the molecule is CC/C=C/C/C=C/C/C=C\CCC(C)=O. The molecular weight excluding hydrogens is 184 g/mol. The standard InChI is InChI=1S/C14H22O/c1-3-4-5-6-7-8-9-10-11-12-13-14(2)15/h4-5,7-8,10-11H,3,6,9,12-13H2,1-2H3/b5-4+,8-7+,11-10-. The molecule has 1 nitrogen and oxygen atoms in total. The maximum absolute atomic E-state index is 10.6. The van der Waals surface area contributed by atoms with E-state index in [4.69, 9.17) is 0 Å². The lowest BCUT2D eigenvalue weighted by Crippen LogP contribution is -1.85. The first-order chi connectivity index (χ1) is 7.27. The van der Waals surface area contributed by atoms with E-state index < -0.39 is 0 Å². The van der Waals surface area contributed by atoms with Gasteiger partial charge in [0.1, 0.15) is 5.78 Å². The Morgan fingerprint density at radius 3 is 2.00 bits per heavy atom. The van der Waals surface area contributed by atoms with E-state index in [1.807, 2.05) is 0 Å². The van der Waals surface area contributed by atoms with E-state index >= 15 is 0 Å². The topological polar surface area (TPSA) is 17.1 Å². The van der Waals surface area contributed by atoms with E-state index in [2.05, 4.69) is 43.4 Å². The number of Topliss-reactive ketones (excluding diaryl/α,β-unsaturated/α-hetero) is 1. The van der Waals surface area contributed by atoms with E-state index in [-0.39, 0.29) is 5.78 Å². The summed E-state index contributed by atoms with van der Waals surface area (Å²) in [6.07, 6.45) is 17.5. The number of hydrogen-bond donors (Lipinski definition) is 0. The monoisotopic (exact) mass is 206 g/mol. The van der Waals surface area contributed by atoms with Crippen LogP contribution < -0.4 is 0 Å². The molecular formula is C14H22O. The van der Waals surface area contributed by atoms with Crippen molar-refractivity contribution in [2.24, 2.45) is 0 Å². The van der Waals surface area contributed by atoms with Crippen LogP contribution in [0.1, 0.15) is 46.0 Å². The summed E-state index contributed by atoms with van der Waals surface area (Å²) in [7, 11) is 0. The fraction of sp³-hybridized carbons (Fsp3) is 0.500. The molecule has 0 atom stereocenters. The van der Waals surface area contributed by atoms with Gasteiger partial charge in [0, 0.05) is 6.42 Å². The molecule has 0 aromatic heterocycles. The number of carbonyl (C=O) groups is 1. The molecule has 0 rings (SSSR count). The highest BCUT2D eigenvalue weighted by Crippen LogP contribution is 1.96. The predicted octanol–water partition coefficient (Wildman–Crippen LogP) is 4.21. The molecule has 0 aromatic carbocycles. The zero-order chi connectivity index (χ0) is 11.4. The van der Waals surface area contributed by atoms with Crippen LogP contribution in [0.15, 0.2) is 36.5 Å². The Kier molecular flexibility index (Phi) is 10.2. The minimum atomic E-state index is 0.264. The van der Waals surface area contributed by atoms with Gasteiger partial charge in [-0.05, 0) is 32.6 Å². The number of rotatable bonds is 8. The molecule has 0 aliphatic carbocycles. The number of hydrogen-bond acceptors (Lipinski definition) is 1. The van der Waals surface area contributed by atoms with Crippen molar-refractivity contribution >= 4 is 5.78 Å². The van der Waals surface area contributed by atoms with E-state index in [0.29, 0.717) is 6.42 Å². The third-order valence-electron chi connectivity index (χ3n) is 1.94. The zero-order valence-corrected chi connectivity index (χ0v) is 9.91. The molecule has 0 unspecified atom stereocenters. The molecule has 0 spiro atoms. The number of ketones is 1. The van der Waals surface area contributed by atoms with Crippen molar-refractivity contribution in [3.63, 3.8) is 0 Å². The molecule has 84 valence electrons. The zero-order valence-electron chi connectivity index (χ0n) is 9.91. The fourth-order valence-corrected chi connectivity index (χ4v) is 1.11. The van der Waals surface area contributed by atoms with E-state index in [9.17, 15) is 4.79 Å². The molecule has 0 N–H and O–H groups in total. The first-order valence-corrected chi connectivity index (χ1v) is 5.71. The van der Waals surface area contributed by atoms with Gasteiger partial charge in [-0.25, -0.2) is 0 Å². The van der Waals surface area contributed by atoms with Crippen LogP contribution in [-0.2, 0) is 4.79 Å². The van der Waals surface area contributed by atoms with Gasteiger partial charge in [0.25, 0.3) is 0 Å². The van der Waals surface area contributed by atoms with Crippen molar-refractivity contribution in [1.29, 1.82) is 0 Å². The maximum Gasteiger partial charge on any atom is 0.130 e. The Hall–Kier alpha value is -1.11. The smallest absolute Gasteiger partial charge is 0.130 e. The van der Waals surface area contributed by atoms with Gasteiger partial charge in [-0.15, -0.1) is 0 Å². The maximum atomic E-state index is 10.6. The van der Waals surface area contributed by atoms with Gasteiger partial charge in [0.15, 0.2) is 0 Å². The molecule has 0 saturated carbocycles. The highest BCUT2D eigenvalue weighted by molar-refractivity contribution is 5.75. The molecule has 1 heteroatoms. The molecule has 0 heterocycles. The lowest BCUT2D eigenvalue weighted by molar-refractivity contribution is -0.116. The minimum Gasteiger partial charge on any atom is -0.300 e. The Morgan fingerprint density at radius 2 is 1.47 bits per heavy atom. The third kappa shape index (κ3) is 12.9. The van der Waals surface area contributed by atoms with Crippen LogP contribution in [0.25, 0.3) is 0 Å².